The van der Waals surface area contributed by atoms with Gasteiger partial charge in [0, 0.05) is 4.90 Å². The molecule has 0 amide bonds. The monoisotopic (exact) mass is 200 g/mol. The van der Waals surface area contributed by atoms with Crippen molar-refractivity contribution in [3.63, 3.8) is 0 Å². The van der Waals surface area contributed by atoms with E-state index in [-0.39, 0.29) is 10.5 Å². The number of thioether (sulfide) groups is 1. The first-order valence-corrected chi connectivity index (χ1v) is 4.12. The molecule has 0 heterocycles. The summed E-state index contributed by atoms with van der Waals surface area (Å²) in [5.41, 5.74) is 0.0336. The van der Waals surface area contributed by atoms with Gasteiger partial charge in [-0.1, -0.05) is 6.07 Å². The van der Waals surface area contributed by atoms with Crippen LogP contribution in [0, 0.1) is 0 Å². The fourth-order valence-corrected chi connectivity index (χ4v) is 1.30. The van der Waals surface area contributed by atoms with Crippen LogP contribution in [0.25, 0.3) is 0 Å². The summed E-state index contributed by atoms with van der Waals surface area (Å²) in [6.07, 6.45) is 0. The fourth-order valence-electron chi connectivity index (χ4n) is 0.785. The van der Waals surface area contributed by atoms with Crippen molar-refractivity contribution in [2.45, 2.75) is 4.90 Å². The summed E-state index contributed by atoms with van der Waals surface area (Å²) in [6.45, 7) is 0. The summed E-state index contributed by atoms with van der Waals surface area (Å²) in [5, 5.41) is 7.00. The highest BCUT2D eigenvalue weighted by atomic mass is 32.2. The van der Waals surface area contributed by atoms with E-state index in [4.69, 9.17) is 5.11 Å². The van der Waals surface area contributed by atoms with Crippen molar-refractivity contribution in [2.24, 2.45) is 0 Å². The molecule has 0 aliphatic heterocycles. The standard InChI is InChI=1S/C8H5FO3S/c9-8(12)13-6-3-1-2-5(4-6)7(10)11/h1-4H,(H,10,11). The van der Waals surface area contributed by atoms with Crippen LogP contribution in [0.2, 0.25) is 0 Å². The summed E-state index contributed by atoms with van der Waals surface area (Å²) in [7, 11) is 0. The van der Waals surface area contributed by atoms with Crippen molar-refractivity contribution in [1.29, 1.82) is 0 Å². The number of hydrogen-bond donors (Lipinski definition) is 1. The fraction of sp³-hybridized carbons (Fsp3) is 0. The number of halogens is 1. The second-order valence-corrected chi connectivity index (χ2v) is 3.17. The van der Waals surface area contributed by atoms with Crippen LogP contribution in [0.5, 0.6) is 0 Å². The Hall–Kier alpha value is -1.36. The van der Waals surface area contributed by atoms with Gasteiger partial charge in [0.1, 0.15) is 0 Å². The van der Waals surface area contributed by atoms with E-state index in [0.717, 1.165) is 0 Å². The zero-order valence-corrected chi connectivity index (χ0v) is 7.18. The van der Waals surface area contributed by atoms with Crippen molar-refractivity contribution < 1.29 is 19.1 Å². The Morgan fingerprint density at radius 3 is 2.62 bits per heavy atom. The van der Waals surface area contributed by atoms with Crippen LogP contribution in [0.3, 0.4) is 0 Å². The van der Waals surface area contributed by atoms with Gasteiger partial charge in [-0.3, -0.25) is 0 Å². The van der Waals surface area contributed by atoms with E-state index in [0.29, 0.717) is 11.8 Å². The maximum Gasteiger partial charge on any atom is 0.364 e. The molecule has 1 N–H and O–H groups in total. The van der Waals surface area contributed by atoms with E-state index < -0.39 is 11.3 Å². The number of carbonyl (C=O) groups excluding carboxylic acids is 1. The molecule has 1 rings (SSSR count). The first-order valence-electron chi connectivity index (χ1n) is 3.30. The van der Waals surface area contributed by atoms with Crippen LogP contribution < -0.4 is 0 Å². The molecule has 0 bridgehead atoms. The third-order valence-corrected chi connectivity index (χ3v) is 1.93. The first kappa shape index (κ1) is 9.73. The van der Waals surface area contributed by atoms with Crippen molar-refractivity contribution in [1.82, 2.24) is 0 Å². The van der Waals surface area contributed by atoms with Gasteiger partial charge >= 0.3 is 11.3 Å². The second kappa shape index (κ2) is 4.04. The molecule has 0 radical (unpaired) electrons. The van der Waals surface area contributed by atoms with Gasteiger partial charge in [0.05, 0.1) is 5.56 Å². The smallest absolute Gasteiger partial charge is 0.364 e. The molecule has 5 heteroatoms. The summed E-state index contributed by atoms with van der Waals surface area (Å²) in [5.74, 6) is -1.10. The van der Waals surface area contributed by atoms with Crippen molar-refractivity contribution in [3.8, 4) is 0 Å². The zero-order chi connectivity index (χ0) is 9.84. The molecule has 13 heavy (non-hydrogen) atoms. The molecule has 0 unspecified atom stereocenters. The van der Waals surface area contributed by atoms with E-state index in [2.05, 4.69) is 0 Å². The van der Waals surface area contributed by atoms with Crippen LogP contribution in [0.15, 0.2) is 29.2 Å². The van der Waals surface area contributed by atoms with Gasteiger partial charge in [-0.25, -0.2) is 9.59 Å². The Balaban J connectivity index is 2.91. The number of rotatable bonds is 2. The molecule has 0 saturated heterocycles. The Morgan fingerprint density at radius 2 is 2.08 bits per heavy atom. The van der Waals surface area contributed by atoms with Crippen LogP contribution in [-0.2, 0) is 0 Å². The van der Waals surface area contributed by atoms with Gasteiger partial charge in [0.25, 0.3) is 0 Å². The maximum absolute atomic E-state index is 11.9. The minimum Gasteiger partial charge on any atom is -0.478 e. The van der Waals surface area contributed by atoms with Crippen molar-refractivity contribution >= 4 is 23.1 Å². The van der Waals surface area contributed by atoms with Crippen molar-refractivity contribution in [3.05, 3.63) is 29.8 Å². The van der Waals surface area contributed by atoms with Crippen LogP contribution in [-0.4, -0.2) is 16.4 Å². The quantitative estimate of drug-likeness (QED) is 0.588. The normalized spacial score (nSPS) is 9.62. The van der Waals surface area contributed by atoms with Gasteiger partial charge < -0.3 is 5.11 Å². The lowest BCUT2D eigenvalue weighted by molar-refractivity contribution is 0.0696. The number of hydrogen-bond acceptors (Lipinski definition) is 3. The maximum atomic E-state index is 11.9. The second-order valence-electron chi connectivity index (χ2n) is 2.17. The molecule has 0 fully saturated rings. The molecule has 0 aliphatic carbocycles. The molecule has 1 aromatic rings. The SMILES string of the molecule is O=C(F)Sc1cccc(C(=O)O)c1. The summed E-state index contributed by atoms with van der Waals surface area (Å²) in [6, 6.07) is 5.53. The van der Waals surface area contributed by atoms with Gasteiger partial charge in [-0.05, 0) is 30.0 Å². The Labute approximate surface area is 77.6 Å². The van der Waals surface area contributed by atoms with Gasteiger partial charge in [0.2, 0.25) is 0 Å². The number of aromatic carboxylic acids is 1. The van der Waals surface area contributed by atoms with E-state index >= 15 is 0 Å². The van der Waals surface area contributed by atoms with Crippen LogP contribution >= 0.6 is 11.8 Å². The third kappa shape index (κ3) is 2.87. The van der Waals surface area contributed by atoms with Crippen LogP contribution in [0.1, 0.15) is 10.4 Å². The number of carboxylic acids is 1. The number of carboxylic acid groups (broad SMARTS) is 1. The van der Waals surface area contributed by atoms with Gasteiger partial charge in [-0.2, -0.15) is 4.39 Å². The van der Waals surface area contributed by atoms with E-state index in [1.165, 1.54) is 24.3 Å². The Kier molecular flexibility index (Phi) is 3.02. The molecule has 0 saturated carbocycles. The molecule has 0 aliphatic rings. The largest absolute Gasteiger partial charge is 0.478 e. The molecular weight excluding hydrogens is 195 g/mol. The third-order valence-electron chi connectivity index (χ3n) is 1.28. The first-order chi connectivity index (χ1) is 6.09. The summed E-state index contributed by atoms with van der Waals surface area (Å²) < 4.78 is 11.9. The van der Waals surface area contributed by atoms with Crippen LogP contribution in [0.4, 0.5) is 9.18 Å². The lowest BCUT2D eigenvalue weighted by atomic mass is 10.2. The minimum absolute atomic E-state index is 0.0336. The van der Waals surface area contributed by atoms with E-state index in [9.17, 15) is 14.0 Å². The molecular formula is C8H5FO3S. The van der Waals surface area contributed by atoms with Gasteiger partial charge in [0.15, 0.2) is 0 Å². The average Bonchev–Trinajstić information content (AvgIpc) is 2.03. The molecule has 0 aromatic heterocycles. The minimum atomic E-state index is -1.55. The lowest BCUT2D eigenvalue weighted by Gasteiger charge is -1.96. The number of benzene rings is 1. The molecule has 68 valence electrons. The highest BCUT2D eigenvalue weighted by Gasteiger charge is 2.06. The highest BCUT2D eigenvalue weighted by molar-refractivity contribution is 8.13. The molecule has 1 aromatic carbocycles. The van der Waals surface area contributed by atoms with E-state index in [1.54, 1.807) is 0 Å². The lowest BCUT2D eigenvalue weighted by Crippen LogP contribution is -1.95. The Bertz CT molecular complexity index is 351. The van der Waals surface area contributed by atoms with E-state index in [1.807, 2.05) is 0 Å². The molecule has 0 spiro atoms. The predicted molar refractivity (Wildman–Crippen MR) is 45.8 cm³/mol. The Morgan fingerprint density at radius 1 is 1.38 bits per heavy atom. The predicted octanol–water partition coefficient (Wildman–Crippen LogP) is 2.57. The zero-order valence-electron chi connectivity index (χ0n) is 6.36. The summed E-state index contributed by atoms with van der Waals surface area (Å²) >= 11 is 0.361. The highest BCUT2D eigenvalue weighted by Crippen LogP contribution is 2.20. The number of carbonyl (C=O) groups is 2. The van der Waals surface area contributed by atoms with Gasteiger partial charge in [-0.15, -0.1) is 0 Å². The molecule has 3 nitrogen and oxygen atoms in total. The summed E-state index contributed by atoms with van der Waals surface area (Å²) in [4.78, 5) is 20.8. The average molecular weight is 200 g/mol. The molecule has 0 atom stereocenters. The van der Waals surface area contributed by atoms with Crippen molar-refractivity contribution in [2.75, 3.05) is 0 Å². The topological polar surface area (TPSA) is 54.4 Å².